The van der Waals surface area contributed by atoms with E-state index in [1.54, 1.807) is 37.5 Å². The van der Waals surface area contributed by atoms with Gasteiger partial charge in [-0.15, -0.1) is 0 Å². The third-order valence-electron chi connectivity index (χ3n) is 3.49. The molecule has 0 saturated carbocycles. The van der Waals surface area contributed by atoms with E-state index in [9.17, 15) is 0 Å². The smallest absolute Gasteiger partial charge is 0.0595 e. The van der Waals surface area contributed by atoms with Crippen molar-refractivity contribution in [3.8, 4) is 0 Å². The molecule has 0 bridgehead atoms. The maximum absolute atomic E-state index is 2.34. The molecule has 0 nitrogen and oxygen atoms in total. The van der Waals surface area contributed by atoms with Gasteiger partial charge < -0.3 is 12.4 Å². The van der Waals surface area contributed by atoms with E-state index in [0.29, 0.717) is 0 Å². The van der Waals surface area contributed by atoms with Gasteiger partial charge in [-0.3, -0.25) is 0 Å². The molecule has 0 N–H and O–H groups in total. The van der Waals surface area contributed by atoms with Gasteiger partial charge in [-0.25, -0.2) is 0 Å². The molecule has 0 aromatic heterocycles. The second-order valence-corrected chi connectivity index (χ2v) is 9.12. The van der Waals surface area contributed by atoms with Gasteiger partial charge in [0, 0.05) is 7.26 Å². The highest BCUT2D eigenvalue weighted by atomic mass is 35.5. The topological polar surface area (TPSA) is 0 Å². The summed E-state index contributed by atoms with van der Waals surface area (Å²) < 4.78 is 0. The molecule has 0 aromatic rings. The first kappa shape index (κ1) is 14.7. The second-order valence-electron chi connectivity index (χ2n) is 4.65. The van der Waals surface area contributed by atoms with E-state index >= 15 is 0 Å². The molecule has 1 aliphatic rings. The fourth-order valence-electron chi connectivity index (χ4n) is 2.55. The third-order valence-corrected chi connectivity index (χ3v) is 8.55. The highest BCUT2D eigenvalue weighted by Crippen LogP contribution is 2.64. The van der Waals surface area contributed by atoms with Gasteiger partial charge >= 0.3 is 0 Å². The van der Waals surface area contributed by atoms with E-state index in [1.165, 1.54) is 25.7 Å². The first-order valence-corrected chi connectivity index (χ1v) is 8.71. The standard InChI is InChI=1S/C12H26P.ClH/c1-3-5-9-13(10-6-4-2)11-7-8-12-13;/h3-12H2,1-2H3;1H/q+1;/p-1. The summed E-state index contributed by atoms with van der Waals surface area (Å²) in [4.78, 5) is 0. The molecule has 0 amide bonds. The molecule has 1 rings (SSSR count). The quantitative estimate of drug-likeness (QED) is 0.612. The predicted molar refractivity (Wildman–Crippen MR) is 65.4 cm³/mol. The highest BCUT2D eigenvalue weighted by molar-refractivity contribution is 7.76. The van der Waals surface area contributed by atoms with Crippen LogP contribution in [0.4, 0.5) is 0 Å². The Bertz CT molecular complexity index is 120. The molecule has 0 spiro atoms. The molecule has 14 heavy (non-hydrogen) atoms. The zero-order chi connectivity index (χ0) is 9.57. The Hall–Kier alpha value is 0.720. The van der Waals surface area contributed by atoms with Crippen molar-refractivity contribution < 1.29 is 12.4 Å². The van der Waals surface area contributed by atoms with Crippen LogP contribution in [0.3, 0.4) is 0 Å². The van der Waals surface area contributed by atoms with Crippen LogP contribution in [0.2, 0.25) is 0 Å². The molecule has 1 aliphatic heterocycles. The summed E-state index contributed by atoms with van der Waals surface area (Å²) in [5.74, 6) is 0. The van der Waals surface area contributed by atoms with E-state index < -0.39 is 0 Å². The van der Waals surface area contributed by atoms with Crippen LogP contribution < -0.4 is 12.4 Å². The SMILES string of the molecule is CCCC[P+]1(CCCC)CCCC1.[Cl-]. The molecule has 0 radical (unpaired) electrons. The van der Waals surface area contributed by atoms with Gasteiger partial charge in [0.2, 0.25) is 0 Å². The van der Waals surface area contributed by atoms with Gasteiger partial charge in [0.15, 0.2) is 0 Å². The van der Waals surface area contributed by atoms with Crippen molar-refractivity contribution >= 4 is 7.26 Å². The summed E-state index contributed by atoms with van der Waals surface area (Å²) in [6, 6.07) is 0. The fourth-order valence-corrected chi connectivity index (χ4v) is 7.66. The largest absolute Gasteiger partial charge is 1.00 e. The Morgan fingerprint density at radius 2 is 1.29 bits per heavy atom. The minimum absolute atomic E-state index is 0. The lowest BCUT2D eigenvalue weighted by molar-refractivity contribution is -0.00000300. The van der Waals surface area contributed by atoms with Gasteiger partial charge in [-0.1, -0.05) is 26.7 Å². The lowest BCUT2D eigenvalue weighted by Crippen LogP contribution is -3.00. The molecule has 1 fully saturated rings. The molecule has 1 saturated heterocycles. The predicted octanol–water partition coefficient (Wildman–Crippen LogP) is 1.40. The summed E-state index contributed by atoms with van der Waals surface area (Å²) in [5.41, 5.74) is 0. The van der Waals surface area contributed by atoms with Crippen molar-refractivity contribution in [3.05, 3.63) is 0 Å². The van der Waals surface area contributed by atoms with Crippen molar-refractivity contribution in [2.24, 2.45) is 0 Å². The summed E-state index contributed by atoms with van der Waals surface area (Å²) in [7, 11) is -0.380. The van der Waals surface area contributed by atoms with Crippen molar-refractivity contribution in [2.45, 2.75) is 52.4 Å². The number of unbranched alkanes of at least 4 members (excludes halogenated alkanes) is 2. The average Bonchev–Trinajstić information content (AvgIpc) is 2.61. The second kappa shape index (κ2) is 7.94. The number of halogens is 1. The molecule has 0 unspecified atom stereocenters. The van der Waals surface area contributed by atoms with Crippen LogP contribution in [0.15, 0.2) is 0 Å². The van der Waals surface area contributed by atoms with E-state index in [0.717, 1.165) is 0 Å². The van der Waals surface area contributed by atoms with Crippen LogP contribution in [-0.2, 0) is 0 Å². The van der Waals surface area contributed by atoms with Crippen LogP contribution in [0.25, 0.3) is 0 Å². The molecular weight excluding hydrogens is 211 g/mol. The number of hydrogen-bond donors (Lipinski definition) is 0. The van der Waals surface area contributed by atoms with Crippen LogP contribution in [-0.4, -0.2) is 24.6 Å². The monoisotopic (exact) mass is 236 g/mol. The molecule has 86 valence electrons. The molecule has 1 heterocycles. The van der Waals surface area contributed by atoms with Crippen LogP contribution in [0, 0.1) is 0 Å². The van der Waals surface area contributed by atoms with E-state index in [4.69, 9.17) is 0 Å². The number of rotatable bonds is 6. The lowest BCUT2D eigenvalue weighted by atomic mass is 10.4. The van der Waals surface area contributed by atoms with E-state index in [2.05, 4.69) is 13.8 Å². The number of hydrogen-bond acceptors (Lipinski definition) is 0. The van der Waals surface area contributed by atoms with Crippen molar-refractivity contribution in [3.63, 3.8) is 0 Å². The summed E-state index contributed by atoms with van der Waals surface area (Å²) in [6.07, 6.45) is 15.5. The van der Waals surface area contributed by atoms with Crippen molar-refractivity contribution in [1.82, 2.24) is 0 Å². The lowest BCUT2D eigenvalue weighted by Gasteiger charge is -2.21. The van der Waals surface area contributed by atoms with E-state index in [1.807, 2.05) is 0 Å². The Balaban J connectivity index is 0.00000169. The maximum Gasteiger partial charge on any atom is 0.0595 e. The Labute approximate surface area is 97.0 Å². The van der Waals surface area contributed by atoms with E-state index in [-0.39, 0.29) is 19.7 Å². The average molecular weight is 237 g/mol. The van der Waals surface area contributed by atoms with Gasteiger partial charge in [0.25, 0.3) is 0 Å². The molecule has 2 heteroatoms. The zero-order valence-corrected chi connectivity index (χ0v) is 11.5. The minimum Gasteiger partial charge on any atom is -1.00 e. The van der Waals surface area contributed by atoms with Gasteiger partial charge in [-0.05, 0) is 25.7 Å². The third kappa shape index (κ3) is 4.49. The molecule has 0 aromatic carbocycles. The molecule has 0 aliphatic carbocycles. The van der Waals surface area contributed by atoms with Gasteiger partial charge in [-0.2, -0.15) is 0 Å². The summed E-state index contributed by atoms with van der Waals surface area (Å²) in [6.45, 7) is 4.68. The van der Waals surface area contributed by atoms with Gasteiger partial charge in [0.1, 0.15) is 0 Å². The normalized spacial score (nSPS) is 19.3. The Morgan fingerprint density at radius 1 is 0.857 bits per heavy atom. The summed E-state index contributed by atoms with van der Waals surface area (Å²) >= 11 is 0. The molecular formula is C12H26ClP. The molecule has 0 atom stereocenters. The first-order chi connectivity index (χ1) is 6.33. The summed E-state index contributed by atoms with van der Waals surface area (Å²) in [5, 5.41) is 0. The first-order valence-electron chi connectivity index (χ1n) is 6.18. The van der Waals surface area contributed by atoms with Gasteiger partial charge in [0.05, 0.1) is 24.6 Å². The van der Waals surface area contributed by atoms with Crippen molar-refractivity contribution in [2.75, 3.05) is 24.6 Å². The zero-order valence-electron chi connectivity index (χ0n) is 9.90. The fraction of sp³-hybridized carbons (Fsp3) is 1.00. The van der Waals surface area contributed by atoms with Crippen LogP contribution in [0.1, 0.15) is 52.4 Å². The minimum atomic E-state index is -0.380. The highest BCUT2D eigenvalue weighted by Gasteiger charge is 2.38. The van der Waals surface area contributed by atoms with Crippen LogP contribution in [0.5, 0.6) is 0 Å². The Kier molecular flexibility index (Phi) is 8.35. The Morgan fingerprint density at radius 3 is 1.64 bits per heavy atom. The van der Waals surface area contributed by atoms with Crippen molar-refractivity contribution in [1.29, 1.82) is 0 Å². The maximum atomic E-state index is 2.34. The van der Waals surface area contributed by atoms with Crippen LogP contribution >= 0.6 is 7.26 Å².